The number of benzene rings is 3. The molecule has 0 unspecified atom stereocenters. The van der Waals surface area contributed by atoms with Crippen LogP contribution < -0.4 is 25.2 Å². The van der Waals surface area contributed by atoms with Crippen LogP contribution in [-0.2, 0) is 20.5 Å². The molecule has 6 nitrogen and oxygen atoms in total. The number of nitrogens with one attached hydrogen (secondary N) is 1. The van der Waals surface area contributed by atoms with Crippen LogP contribution in [0.5, 0.6) is 11.5 Å². The van der Waals surface area contributed by atoms with Crippen molar-refractivity contribution < 1.29 is 23.6 Å². The van der Waals surface area contributed by atoms with Gasteiger partial charge in [-0.2, -0.15) is 0 Å². The second kappa shape index (κ2) is 10.5. The lowest BCUT2D eigenvalue weighted by molar-refractivity contribution is -0.139. The molecule has 0 fully saturated rings. The topological polar surface area (TPSA) is 73.9 Å². The van der Waals surface area contributed by atoms with E-state index in [1.54, 1.807) is 20.3 Å². The Morgan fingerprint density at radius 1 is 0.875 bits per heavy atom. The van der Waals surface area contributed by atoms with Gasteiger partial charge in [-0.3, -0.25) is 14.4 Å². The highest BCUT2D eigenvalue weighted by Gasteiger charge is 2.30. The van der Waals surface area contributed by atoms with Gasteiger partial charge in [0.05, 0.1) is 27.8 Å². The van der Waals surface area contributed by atoms with E-state index in [0.29, 0.717) is 27.7 Å². The number of rotatable bonds is 9. The van der Waals surface area contributed by atoms with E-state index >= 15 is 0 Å². The third-order valence-corrected chi connectivity index (χ3v) is 8.09. The molecule has 0 aliphatic heterocycles. The first kappa shape index (κ1) is 23.6. The van der Waals surface area contributed by atoms with Gasteiger partial charge in [0.2, 0.25) is 7.29 Å². The van der Waals surface area contributed by atoms with Crippen LogP contribution in [0, 0.1) is 0 Å². The van der Waals surface area contributed by atoms with E-state index in [2.05, 4.69) is 5.09 Å². The third-order valence-electron chi connectivity index (χ3n) is 5.29. The molecule has 0 saturated heterocycles. The average Bonchev–Trinajstić information content (AvgIpc) is 2.84. The smallest absolute Gasteiger partial charge is 0.309 e. The highest BCUT2D eigenvalue weighted by Crippen LogP contribution is 2.43. The molecule has 1 atom stereocenters. The van der Waals surface area contributed by atoms with Crippen molar-refractivity contribution in [3.8, 4) is 11.5 Å². The van der Waals surface area contributed by atoms with Crippen molar-refractivity contribution >= 4 is 23.9 Å². The van der Waals surface area contributed by atoms with Crippen molar-refractivity contribution in [3.63, 3.8) is 0 Å². The number of ether oxygens (including phenoxy) is 3. The molecule has 168 valence electrons. The maximum atomic E-state index is 14.4. The highest BCUT2D eigenvalue weighted by atomic mass is 31.2. The van der Waals surface area contributed by atoms with Gasteiger partial charge < -0.3 is 14.2 Å². The Kier molecular flexibility index (Phi) is 7.73. The van der Waals surface area contributed by atoms with Gasteiger partial charge in [0.25, 0.3) is 0 Å². The van der Waals surface area contributed by atoms with Crippen LogP contribution >= 0.6 is 7.29 Å². The Labute approximate surface area is 188 Å². The molecule has 0 aliphatic carbocycles. The summed E-state index contributed by atoms with van der Waals surface area (Å²) in [7, 11) is 1.26. The monoisotopic (exact) mass is 453 g/mol. The van der Waals surface area contributed by atoms with Gasteiger partial charge in [0.1, 0.15) is 0 Å². The van der Waals surface area contributed by atoms with Crippen molar-refractivity contribution in [1.82, 2.24) is 5.09 Å². The lowest BCUT2D eigenvalue weighted by Gasteiger charge is -2.27. The first-order valence-corrected chi connectivity index (χ1v) is 11.9. The second-order valence-corrected chi connectivity index (χ2v) is 9.80. The summed E-state index contributed by atoms with van der Waals surface area (Å²) in [6.07, 6.45) is 0.0547. The van der Waals surface area contributed by atoms with E-state index in [1.807, 2.05) is 73.7 Å². The Hall–Kier alpha value is -3.08. The van der Waals surface area contributed by atoms with E-state index in [1.165, 1.54) is 7.11 Å². The molecule has 3 rings (SSSR count). The van der Waals surface area contributed by atoms with Crippen LogP contribution in [0.25, 0.3) is 0 Å². The van der Waals surface area contributed by atoms with Gasteiger partial charge in [-0.25, -0.2) is 0 Å². The van der Waals surface area contributed by atoms with Gasteiger partial charge in [0.15, 0.2) is 11.5 Å². The van der Waals surface area contributed by atoms with Crippen molar-refractivity contribution in [2.75, 3.05) is 21.3 Å². The fourth-order valence-electron chi connectivity index (χ4n) is 3.64. The zero-order chi connectivity index (χ0) is 23.1. The zero-order valence-corrected chi connectivity index (χ0v) is 19.6. The Morgan fingerprint density at radius 2 is 1.38 bits per heavy atom. The Bertz CT molecular complexity index is 1060. The molecule has 0 aromatic heterocycles. The van der Waals surface area contributed by atoms with Crippen LogP contribution in [0.2, 0.25) is 0 Å². The van der Waals surface area contributed by atoms with Crippen molar-refractivity contribution in [2.24, 2.45) is 0 Å². The molecule has 7 heteroatoms. The molecular weight excluding hydrogens is 425 g/mol. The molecule has 0 bridgehead atoms. The third kappa shape index (κ3) is 5.04. The summed E-state index contributed by atoms with van der Waals surface area (Å²) in [5.41, 5.74) is 1.49. The van der Waals surface area contributed by atoms with Gasteiger partial charge in [-0.05, 0) is 54.4 Å². The molecule has 3 aromatic carbocycles. The molecule has 1 N–H and O–H groups in total. The molecule has 32 heavy (non-hydrogen) atoms. The zero-order valence-electron chi connectivity index (χ0n) is 18.7. The fourth-order valence-corrected chi connectivity index (χ4v) is 6.10. The van der Waals surface area contributed by atoms with E-state index in [-0.39, 0.29) is 18.4 Å². The first-order chi connectivity index (χ1) is 15.4. The van der Waals surface area contributed by atoms with Crippen molar-refractivity contribution in [3.05, 3.63) is 83.9 Å². The molecule has 0 aliphatic rings. The number of hydrogen-bond donors (Lipinski definition) is 1. The van der Waals surface area contributed by atoms with Crippen LogP contribution in [0.4, 0.5) is 0 Å². The van der Waals surface area contributed by atoms with Gasteiger partial charge in [-0.1, -0.05) is 36.4 Å². The van der Waals surface area contributed by atoms with Gasteiger partial charge in [0, 0.05) is 16.7 Å². The summed E-state index contributed by atoms with van der Waals surface area (Å²) >= 11 is 0. The molecule has 0 heterocycles. The maximum Gasteiger partial charge on any atom is 0.309 e. The SMILES string of the molecule is COC(=O)Cc1cc(OC)c(OC)cc1[C@@H](C)NP(=O)(c1ccccc1)c1ccccc1. The number of carbonyl (C=O) groups excluding carboxylic acids is 1. The number of methoxy groups -OCH3 is 3. The summed E-state index contributed by atoms with van der Waals surface area (Å²) in [5, 5.41) is 4.77. The maximum absolute atomic E-state index is 14.4. The normalized spacial score (nSPS) is 12.1. The molecule has 0 saturated carbocycles. The van der Waals surface area contributed by atoms with Crippen molar-refractivity contribution in [2.45, 2.75) is 19.4 Å². The highest BCUT2D eigenvalue weighted by molar-refractivity contribution is 7.76. The van der Waals surface area contributed by atoms with E-state index in [4.69, 9.17) is 14.2 Å². The summed E-state index contributed by atoms with van der Waals surface area (Å²) < 4.78 is 30.2. The summed E-state index contributed by atoms with van der Waals surface area (Å²) in [5.74, 6) is 0.663. The molecular formula is C25H28NO5P. The Morgan fingerprint density at radius 3 is 1.84 bits per heavy atom. The van der Waals surface area contributed by atoms with Crippen molar-refractivity contribution in [1.29, 1.82) is 0 Å². The van der Waals surface area contributed by atoms with Gasteiger partial charge in [-0.15, -0.1) is 0 Å². The second-order valence-electron chi connectivity index (χ2n) is 7.29. The van der Waals surface area contributed by atoms with E-state index in [9.17, 15) is 9.36 Å². The molecule has 0 spiro atoms. The first-order valence-electron chi connectivity index (χ1n) is 10.2. The standard InChI is InChI=1S/C25H28NO5P/c1-18(22-17-24(30-3)23(29-2)15-19(22)16-25(27)31-4)26-32(28,20-11-7-5-8-12-20)21-13-9-6-10-14-21/h5-15,17-18H,16H2,1-4H3,(H,26,28)/t18-/m1/s1. The average molecular weight is 453 g/mol. The largest absolute Gasteiger partial charge is 0.493 e. The fraction of sp³-hybridized carbons (Fsp3) is 0.240. The summed E-state index contributed by atoms with van der Waals surface area (Å²) in [6, 6.07) is 21.9. The minimum absolute atomic E-state index is 0.0547. The van der Waals surface area contributed by atoms with Crippen LogP contribution in [0.15, 0.2) is 72.8 Å². The van der Waals surface area contributed by atoms with E-state index < -0.39 is 7.29 Å². The predicted octanol–water partition coefficient (Wildman–Crippen LogP) is 4.00. The van der Waals surface area contributed by atoms with Crippen LogP contribution in [-0.4, -0.2) is 27.3 Å². The van der Waals surface area contributed by atoms with Crippen LogP contribution in [0.1, 0.15) is 24.1 Å². The Balaban J connectivity index is 2.09. The lowest BCUT2D eigenvalue weighted by Crippen LogP contribution is -2.30. The predicted molar refractivity (Wildman–Crippen MR) is 127 cm³/mol. The summed E-state index contributed by atoms with van der Waals surface area (Å²) in [6.45, 7) is 1.92. The van der Waals surface area contributed by atoms with Crippen LogP contribution in [0.3, 0.4) is 0 Å². The lowest BCUT2D eigenvalue weighted by atomic mass is 9.98. The van der Waals surface area contributed by atoms with E-state index in [0.717, 1.165) is 5.56 Å². The number of esters is 1. The molecule has 0 amide bonds. The summed E-state index contributed by atoms with van der Waals surface area (Å²) in [4.78, 5) is 12.1. The number of hydrogen-bond acceptors (Lipinski definition) is 5. The quantitative estimate of drug-likeness (QED) is 0.390. The molecule has 0 radical (unpaired) electrons. The van der Waals surface area contributed by atoms with Gasteiger partial charge >= 0.3 is 5.97 Å². The molecule has 3 aromatic rings. The number of carbonyl (C=O) groups is 1. The minimum Gasteiger partial charge on any atom is -0.493 e. The minimum atomic E-state index is -3.19.